The number of nitrogens with zero attached hydrogens (tertiary/aromatic N) is 4. The highest BCUT2D eigenvalue weighted by Crippen LogP contribution is 2.51. The molecule has 5 aromatic rings. The SMILES string of the molecule is CC1(C)S[C@@H]2[C@H](NC(=O)[C@H](NC(=O)CCCc3cn(CCOCCOCCOCCNC(=O)c4cc(O)c(O)c(C(=O)N[C@H]5COC(=O)[C@@H](NC(=O)c6cccc(O)c6O)COC(=O)[C@@H](NC(=O)c6cc([C@@H]7O[C@H](CO)[C@@H](O)[C@H](O)[C@H]7O)cc(O)c6O)COC5=O)c4)nn3)c3ccccc3)C(=O)N2[C@H]1C(=O)O. The number of ether oxygens (including phenoxy) is 7. The summed E-state index contributed by atoms with van der Waals surface area (Å²) in [6.07, 6.45) is -6.36. The smallest absolute Gasteiger partial charge is 0.332 e. The molecule has 12 atom stereocenters. The van der Waals surface area contributed by atoms with Gasteiger partial charge in [0.15, 0.2) is 52.6 Å². The number of esters is 3. The number of cyclic esters (lactones) is 3. The number of aromatic nitrogens is 3. The third-order valence-corrected chi connectivity index (χ3v) is 18.8. The number of aliphatic carboxylic acids is 1. The van der Waals surface area contributed by atoms with Crippen molar-refractivity contribution in [2.45, 2.75) is 117 Å². The van der Waals surface area contributed by atoms with Crippen molar-refractivity contribution in [3.63, 3.8) is 0 Å². The fourth-order valence-corrected chi connectivity index (χ4v) is 13.2. The molecule has 576 valence electrons. The lowest BCUT2D eigenvalue weighted by Gasteiger charge is -2.44. The number of rotatable bonds is 30. The van der Waals surface area contributed by atoms with Gasteiger partial charge in [0.1, 0.15) is 73.8 Å². The molecule has 9 rings (SSSR count). The lowest BCUT2D eigenvalue weighted by molar-refractivity contribution is -0.231. The number of fused-ring (bicyclic) bond motifs is 1. The number of carbonyl (C=O) groups excluding carboxylic acids is 10. The number of nitrogens with one attached hydrogen (secondary N) is 6. The number of phenols is 6. The van der Waals surface area contributed by atoms with Gasteiger partial charge in [-0.2, -0.15) is 0 Å². The lowest BCUT2D eigenvalue weighted by atomic mass is 9.90. The zero-order valence-electron chi connectivity index (χ0n) is 57.0. The summed E-state index contributed by atoms with van der Waals surface area (Å²) >= 11 is 1.29. The highest BCUT2D eigenvalue weighted by atomic mass is 32.2. The Morgan fingerprint density at radius 1 is 0.645 bits per heavy atom. The molecule has 40 heteroatoms. The predicted octanol–water partition coefficient (Wildman–Crippen LogP) is -3.34. The first-order valence-corrected chi connectivity index (χ1v) is 34.0. The molecule has 4 fully saturated rings. The van der Waals surface area contributed by atoms with Crippen LogP contribution in [0, 0.1) is 0 Å². The highest BCUT2D eigenvalue weighted by molar-refractivity contribution is 8.01. The van der Waals surface area contributed by atoms with Crippen molar-refractivity contribution < 1.29 is 142 Å². The molecule has 4 aliphatic rings. The predicted molar refractivity (Wildman–Crippen MR) is 359 cm³/mol. The third kappa shape index (κ3) is 19.6. The maximum absolute atomic E-state index is 13.9. The molecule has 39 nitrogen and oxygen atoms in total. The van der Waals surface area contributed by atoms with E-state index in [-0.39, 0.29) is 58.2 Å². The van der Waals surface area contributed by atoms with E-state index in [0.29, 0.717) is 30.6 Å². The molecule has 4 aliphatic heterocycles. The van der Waals surface area contributed by atoms with Crippen molar-refractivity contribution in [3.05, 3.63) is 118 Å². The minimum atomic E-state index is -2.15. The van der Waals surface area contributed by atoms with Gasteiger partial charge in [0, 0.05) is 29.5 Å². The van der Waals surface area contributed by atoms with Crippen molar-refractivity contribution in [1.82, 2.24) is 51.8 Å². The second kappa shape index (κ2) is 35.9. The number of aliphatic hydroxyl groups excluding tert-OH is 4. The van der Waals surface area contributed by atoms with E-state index >= 15 is 0 Å². The van der Waals surface area contributed by atoms with Crippen LogP contribution in [0.5, 0.6) is 34.5 Å². The van der Waals surface area contributed by atoms with Crippen LogP contribution in [0.2, 0.25) is 0 Å². The van der Waals surface area contributed by atoms with Crippen molar-refractivity contribution >= 4 is 77.0 Å². The number of aliphatic hydroxyl groups is 4. The average molecular weight is 1520 g/mol. The molecule has 0 unspecified atom stereocenters. The molecule has 0 aliphatic carbocycles. The van der Waals surface area contributed by atoms with E-state index in [9.17, 15) is 109 Å². The maximum atomic E-state index is 13.9. The molecular formula is C67H78N10O29S. The van der Waals surface area contributed by atoms with E-state index in [0.717, 1.165) is 42.5 Å². The minimum Gasteiger partial charge on any atom is -0.504 e. The van der Waals surface area contributed by atoms with Gasteiger partial charge in [0.2, 0.25) is 17.7 Å². The number of amides is 7. The van der Waals surface area contributed by atoms with Crippen LogP contribution in [0.25, 0.3) is 0 Å². The zero-order valence-corrected chi connectivity index (χ0v) is 57.8. The van der Waals surface area contributed by atoms with E-state index in [2.05, 4.69) is 42.2 Å². The molecule has 4 saturated heterocycles. The van der Waals surface area contributed by atoms with Crippen LogP contribution in [-0.4, -0.2) is 279 Å². The van der Waals surface area contributed by atoms with E-state index in [1.165, 1.54) is 16.7 Å². The number of hydrogen-bond acceptors (Lipinski definition) is 31. The van der Waals surface area contributed by atoms with Crippen LogP contribution in [-0.2, 0) is 79.7 Å². The van der Waals surface area contributed by atoms with Gasteiger partial charge in [0.05, 0.1) is 75.2 Å². The van der Waals surface area contributed by atoms with E-state index < -0.39 is 225 Å². The molecule has 0 bridgehead atoms. The number of carbonyl (C=O) groups is 11. The standard InChI is InChI=1S/C67H78N10O29S/c1-67(2)55(63(95)96)77-61(94)47(62(77)107-67)73-60(93)46(31-8-4-3-5-9-31)72-45(82)13-6-10-34-26-76(75-74-34)15-17-101-19-21-102-20-18-100-16-14-68-56(89)33-23-37(50(85)43(81)25-33)59(92)71-40-30-104-64(97)38(69-57(90)35-11-7-12-41(79)48(35)83)28-103-65(98)39(29-105-66(40)99)70-58(91)36-22-32(24-42(80)49(36)84)54-53(88)52(87)51(86)44(27-78)106-54/h3-5,7-9,11-12,22-26,38-40,44,46-47,51-55,62,78-81,83-88H,6,10,13-21,27-30H2,1-2H3,(H,68,89)(H,69,90)(H,70,91)(H,71,92)(H,72,82)(H,73,93)(H,95,96)/t38-,39-,40-,44+,46+,47+,51+,52-,53+,54-,55-,62+/m0/s1. The Bertz CT molecular complexity index is 4130. The Balaban J connectivity index is 0.711. The molecule has 4 aromatic carbocycles. The number of hydrogen-bond donors (Lipinski definition) is 17. The summed E-state index contributed by atoms with van der Waals surface area (Å²) in [6, 6.07) is 5.43. The van der Waals surface area contributed by atoms with E-state index in [1.807, 2.05) is 0 Å². The molecule has 0 saturated carbocycles. The summed E-state index contributed by atoms with van der Waals surface area (Å²) in [4.78, 5) is 149. The van der Waals surface area contributed by atoms with Gasteiger partial charge in [-0.15, -0.1) is 16.9 Å². The second-order valence-electron chi connectivity index (χ2n) is 25.1. The highest BCUT2D eigenvalue weighted by Gasteiger charge is 2.64. The normalized spacial score (nSPS) is 23.0. The number of thioether (sulfide) groups is 1. The van der Waals surface area contributed by atoms with Gasteiger partial charge < -0.3 is 126 Å². The van der Waals surface area contributed by atoms with Gasteiger partial charge in [-0.3, -0.25) is 33.6 Å². The zero-order chi connectivity index (χ0) is 77.6. The first-order chi connectivity index (χ1) is 51.0. The van der Waals surface area contributed by atoms with Gasteiger partial charge in [0.25, 0.3) is 23.6 Å². The van der Waals surface area contributed by atoms with Crippen LogP contribution in [0.15, 0.2) is 79.0 Å². The molecule has 17 N–H and O–H groups in total. The summed E-state index contributed by atoms with van der Waals surface area (Å²) in [5, 5.41) is 136. The van der Waals surface area contributed by atoms with Crippen molar-refractivity contribution in [2.75, 3.05) is 72.6 Å². The summed E-state index contributed by atoms with van der Waals surface area (Å²) in [6.45, 7) is 0.00476. The fourth-order valence-electron chi connectivity index (χ4n) is 11.6. The van der Waals surface area contributed by atoms with E-state index in [4.69, 9.17) is 33.2 Å². The Hall–Kier alpha value is -11.0. The number of carboxylic acids is 1. The van der Waals surface area contributed by atoms with Crippen LogP contribution in [0.3, 0.4) is 0 Å². The maximum Gasteiger partial charge on any atom is 0.332 e. The van der Waals surface area contributed by atoms with Crippen LogP contribution >= 0.6 is 11.8 Å². The Morgan fingerprint density at radius 3 is 1.80 bits per heavy atom. The number of benzene rings is 4. The first-order valence-electron chi connectivity index (χ1n) is 33.1. The first kappa shape index (κ1) is 80.1. The Labute approximate surface area is 610 Å². The fraction of sp³-hybridized carbons (Fsp3) is 0.448. The van der Waals surface area contributed by atoms with Crippen LogP contribution < -0.4 is 31.9 Å². The van der Waals surface area contributed by atoms with Crippen LogP contribution in [0.1, 0.15) is 97.1 Å². The van der Waals surface area contributed by atoms with Gasteiger partial charge in [-0.1, -0.05) is 41.6 Å². The second-order valence-corrected chi connectivity index (χ2v) is 26.9. The number of carboxylic acid groups (broad SMARTS) is 1. The number of aryl methyl sites for hydroxylation is 1. The van der Waals surface area contributed by atoms with Crippen molar-refractivity contribution in [1.29, 1.82) is 0 Å². The summed E-state index contributed by atoms with van der Waals surface area (Å²) < 4.78 is 38.7. The quantitative estimate of drug-likeness (QED) is 0.00702. The van der Waals surface area contributed by atoms with Gasteiger partial charge in [-0.25, -0.2) is 23.9 Å². The molecule has 107 heavy (non-hydrogen) atoms. The number of phenolic OH excluding ortho intramolecular Hbond substituents is 6. The number of β-lactam (4-membered cyclic amide) rings is 1. The molecule has 0 spiro atoms. The Morgan fingerprint density at radius 2 is 1.21 bits per heavy atom. The van der Waals surface area contributed by atoms with Crippen LogP contribution in [0.4, 0.5) is 0 Å². The van der Waals surface area contributed by atoms with Gasteiger partial charge in [-0.05, 0) is 74.2 Å². The van der Waals surface area contributed by atoms with Crippen molar-refractivity contribution in [2.24, 2.45) is 0 Å². The topological polar surface area (TPSA) is 581 Å². The monoisotopic (exact) mass is 1520 g/mol. The molecule has 0 radical (unpaired) electrons. The number of para-hydroxylation sites is 1. The minimum absolute atomic E-state index is 0.0323. The molecule has 1 aromatic heterocycles. The van der Waals surface area contributed by atoms with Gasteiger partial charge >= 0.3 is 23.9 Å². The third-order valence-electron chi connectivity index (χ3n) is 17.2. The largest absolute Gasteiger partial charge is 0.504 e. The molecule has 5 heterocycles. The Kier molecular flexibility index (Phi) is 26.9. The molecule has 7 amide bonds. The summed E-state index contributed by atoms with van der Waals surface area (Å²) in [7, 11) is 0. The summed E-state index contributed by atoms with van der Waals surface area (Å²) in [5.41, 5.74) is -1.96. The van der Waals surface area contributed by atoms with Crippen molar-refractivity contribution in [3.8, 4) is 34.5 Å². The van der Waals surface area contributed by atoms with E-state index in [1.54, 1.807) is 55.1 Å². The summed E-state index contributed by atoms with van der Waals surface area (Å²) in [5.74, 6) is -18.3. The lowest BCUT2D eigenvalue weighted by Crippen LogP contribution is -2.71. The molecular weight excluding hydrogens is 1440 g/mol. The average Bonchev–Trinajstić information content (AvgIpc) is 1.56. The number of aromatic hydroxyl groups is 6.